The van der Waals surface area contributed by atoms with E-state index in [2.05, 4.69) is 10.5 Å². The first-order valence-electron chi connectivity index (χ1n) is 7.37. The maximum Gasteiger partial charge on any atom is 0.335 e. The number of anilines is 1. The van der Waals surface area contributed by atoms with Crippen LogP contribution in [0.3, 0.4) is 0 Å². The maximum atomic E-state index is 10.8. The molecule has 0 aliphatic rings. The van der Waals surface area contributed by atoms with Crippen molar-refractivity contribution in [2.45, 2.75) is 0 Å². The van der Waals surface area contributed by atoms with Crippen molar-refractivity contribution in [2.24, 2.45) is 5.10 Å². The molecule has 0 spiro atoms. The summed E-state index contributed by atoms with van der Waals surface area (Å²) < 4.78 is 5.41. The number of rotatable bonds is 5. The second-order valence-corrected chi connectivity index (χ2v) is 5.16. The SMILES string of the molecule is COc1ccc2ccccc2c1/C=N\Nc1ccc(C(=O)O)cc1. The summed E-state index contributed by atoms with van der Waals surface area (Å²) in [6.45, 7) is 0. The van der Waals surface area contributed by atoms with Crippen molar-refractivity contribution in [2.75, 3.05) is 12.5 Å². The van der Waals surface area contributed by atoms with E-state index < -0.39 is 5.97 Å². The summed E-state index contributed by atoms with van der Waals surface area (Å²) in [5.41, 5.74) is 4.72. The van der Waals surface area contributed by atoms with Gasteiger partial charge in [0.05, 0.1) is 24.6 Å². The molecule has 120 valence electrons. The summed E-state index contributed by atoms with van der Waals surface area (Å²) in [5, 5.41) is 15.3. The van der Waals surface area contributed by atoms with E-state index in [9.17, 15) is 4.79 Å². The number of hydrogen-bond donors (Lipinski definition) is 2. The van der Waals surface area contributed by atoms with E-state index in [4.69, 9.17) is 9.84 Å². The summed E-state index contributed by atoms with van der Waals surface area (Å²) in [7, 11) is 1.62. The van der Waals surface area contributed by atoms with Gasteiger partial charge in [0.25, 0.3) is 0 Å². The fourth-order valence-electron chi connectivity index (χ4n) is 2.45. The molecule has 5 heteroatoms. The van der Waals surface area contributed by atoms with Crippen LogP contribution in [-0.2, 0) is 0 Å². The Kier molecular flexibility index (Phi) is 4.43. The number of ether oxygens (including phenoxy) is 1. The minimum absolute atomic E-state index is 0.236. The van der Waals surface area contributed by atoms with E-state index in [1.807, 2.05) is 36.4 Å². The number of hydrazone groups is 1. The zero-order valence-electron chi connectivity index (χ0n) is 13.1. The summed E-state index contributed by atoms with van der Waals surface area (Å²) in [4.78, 5) is 10.8. The first-order valence-corrected chi connectivity index (χ1v) is 7.37. The van der Waals surface area contributed by atoms with Gasteiger partial charge in [0.15, 0.2) is 0 Å². The number of carboxylic acid groups (broad SMARTS) is 1. The predicted molar refractivity (Wildman–Crippen MR) is 95.1 cm³/mol. The Labute approximate surface area is 139 Å². The van der Waals surface area contributed by atoms with Crippen LogP contribution in [0.5, 0.6) is 5.75 Å². The number of benzene rings is 3. The van der Waals surface area contributed by atoms with Gasteiger partial charge in [0.2, 0.25) is 0 Å². The molecule has 0 heterocycles. The summed E-state index contributed by atoms with van der Waals surface area (Å²) in [5.74, 6) is -0.217. The molecule has 5 nitrogen and oxygen atoms in total. The highest BCUT2D eigenvalue weighted by Crippen LogP contribution is 2.26. The van der Waals surface area contributed by atoms with Gasteiger partial charge in [-0.3, -0.25) is 5.43 Å². The lowest BCUT2D eigenvalue weighted by atomic mass is 10.0. The van der Waals surface area contributed by atoms with Crippen molar-refractivity contribution in [3.8, 4) is 5.75 Å². The molecule has 0 atom stereocenters. The number of hydrogen-bond acceptors (Lipinski definition) is 4. The van der Waals surface area contributed by atoms with Gasteiger partial charge in [-0.05, 0) is 41.1 Å². The number of fused-ring (bicyclic) bond motifs is 1. The Morgan fingerprint density at radius 2 is 1.83 bits per heavy atom. The second kappa shape index (κ2) is 6.83. The van der Waals surface area contributed by atoms with Crippen molar-refractivity contribution < 1.29 is 14.6 Å². The zero-order valence-corrected chi connectivity index (χ0v) is 13.1. The molecule has 3 aromatic rings. The molecule has 0 saturated carbocycles. The highest BCUT2D eigenvalue weighted by atomic mass is 16.5. The smallest absolute Gasteiger partial charge is 0.335 e. The van der Waals surface area contributed by atoms with Gasteiger partial charge < -0.3 is 9.84 Å². The highest BCUT2D eigenvalue weighted by Gasteiger charge is 2.06. The standard InChI is InChI=1S/C19H16N2O3/c1-24-18-11-8-13-4-2-3-5-16(13)17(18)12-20-21-15-9-6-14(7-10-15)19(22)23/h2-12,21H,1H3,(H,22,23)/b20-12-. The fraction of sp³-hybridized carbons (Fsp3) is 0.0526. The molecule has 0 aliphatic heterocycles. The van der Waals surface area contributed by atoms with Crippen LogP contribution < -0.4 is 10.2 Å². The highest BCUT2D eigenvalue weighted by molar-refractivity contribution is 6.02. The molecule has 0 saturated heterocycles. The van der Waals surface area contributed by atoms with Crippen LogP contribution in [0.4, 0.5) is 5.69 Å². The third-order valence-corrected chi connectivity index (χ3v) is 3.67. The number of aromatic carboxylic acids is 1. The topological polar surface area (TPSA) is 70.9 Å². The van der Waals surface area contributed by atoms with Crippen LogP contribution >= 0.6 is 0 Å². The fourth-order valence-corrected chi connectivity index (χ4v) is 2.45. The average Bonchev–Trinajstić information content (AvgIpc) is 2.62. The second-order valence-electron chi connectivity index (χ2n) is 5.16. The molecule has 0 bridgehead atoms. The Balaban J connectivity index is 1.86. The Hall–Kier alpha value is -3.34. The number of carbonyl (C=O) groups is 1. The van der Waals surface area contributed by atoms with Crippen LogP contribution in [0.15, 0.2) is 65.8 Å². The maximum absolute atomic E-state index is 10.8. The van der Waals surface area contributed by atoms with E-state index in [1.54, 1.807) is 25.5 Å². The lowest BCUT2D eigenvalue weighted by Crippen LogP contribution is -1.97. The van der Waals surface area contributed by atoms with Crippen LogP contribution in [0.2, 0.25) is 0 Å². The van der Waals surface area contributed by atoms with Gasteiger partial charge in [0, 0.05) is 5.56 Å². The molecular formula is C19H16N2O3. The normalized spacial score (nSPS) is 10.9. The first-order chi connectivity index (χ1) is 11.7. The van der Waals surface area contributed by atoms with Crippen LogP contribution in [-0.4, -0.2) is 24.4 Å². The lowest BCUT2D eigenvalue weighted by molar-refractivity contribution is 0.0697. The minimum atomic E-state index is -0.953. The van der Waals surface area contributed by atoms with Crippen molar-refractivity contribution in [1.29, 1.82) is 0 Å². The van der Waals surface area contributed by atoms with Crippen molar-refractivity contribution >= 4 is 28.6 Å². The molecule has 3 rings (SSSR count). The monoisotopic (exact) mass is 320 g/mol. The predicted octanol–water partition coefficient (Wildman–Crippen LogP) is 3.99. The molecule has 0 aliphatic carbocycles. The van der Waals surface area contributed by atoms with Gasteiger partial charge >= 0.3 is 5.97 Å². The molecule has 0 unspecified atom stereocenters. The number of carboxylic acids is 1. The van der Waals surface area contributed by atoms with Gasteiger partial charge in [-0.25, -0.2) is 4.79 Å². The molecule has 0 aromatic heterocycles. The van der Waals surface area contributed by atoms with Crippen LogP contribution in [0.25, 0.3) is 10.8 Å². The summed E-state index contributed by atoms with van der Waals surface area (Å²) >= 11 is 0. The van der Waals surface area contributed by atoms with E-state index in [0.29, 0.717) is 5.69 Å². The van der Waals surface area contributed by atoms with Crippen molar-refractivity contribution in [3.05, 3.63) is 71.8 Å². The largest absolute Gasteiger partial charge is 0.496 e. The summed E-state index contributed by atoms with van der Waals surface area (Å²) in [6.07, 6.45) is 1.70. The number of nitrogens with one attached hydrogen (secondary N) is 1. The quantitative estimate of drug-likeness (QED) is 0.551. The Bertz CT molecular complexity index is 902. The Morgan fingerprint density at radius 1 is 1.08 bits per heavy atom. The molecule has 0 fully saturated rings. The minimum Gasteiger partial charge on any atom is -0.496 e. The van der Waals surface area contributed by atoms with Gasteiger partial charge in [-0.15, -0.1) is 0 Å². The number of nitrogens with zero attached hydrogens (tertiary/aromatic N) is 1. The molecule has 2 N–H and O–H groups in total. The van der Waals surface area contributed by atoms with Gasteiger partial charge in [-0.2, -0.15) is 5.10 Å². The molecule has 3 aromatic carbocycles. The summed E-state index contributed by atoms with van der Waals surface area (Å²) in [6, 6.07) is 18.3. The van der Waals surface area contributed by atoms with Gasteiger partial charge in [0.1, 0.15) is 5.75 Å². The lowest BCUT2D eigenvalue weighted by Gasteiger charge is -2.08. The van der Waals surface area contributed by atoms with Crippen molar-refractivity contribution in [3.63, 3.8) is 0 Å². The number of methoxy groups -OCH3 is 1. The van der Waals surface area contributed by atoms with Crippen molar-refractivity contribution in [1.82, 2.24) is 0 Å². The Morgan fingerprint density at radius 3 is 2.54 bits per heavy atom. The third kappa shape index (κ3) is 3.20. The molecule has 0 amide bonds. The van der Waals surface area contributed by atoms with Gasteiger partial charge in [-0.1, -0.05) is 30.3 Å². The first kappa shape index (κ1) is 15.6. The van der Waals surface area contributed by atoms with E-state index >= 15 is 0 Å². The van der Waals surface area contributed by atoms with E-state index in [1.165, 1.54) is 12.1 Å². The van der Waals surface area contributed by atoms with Crippen LogP contribution in [0.1, 0.15) is 15.9 Å². The van der Waals surface area contributed by atoms with Crippen LogP contribution in [0, 0.1) is 0 Å². The van der Waals surface area contributed by atoms with E-state index in [-0.39, 0.29) is 5.56 Å². The average molecular weight is 320 g/mol. The molecular weight excluding hydrogens is 304 g/mol. The zero-order chi connectivity index (χ0) is 16.9. The third-order valence-electron chi connectivity index (χ3n) is 3.67. The molecule has 24 heavy (non-hydrogen) atoms. The molecule has 0 radical (unpaired) electrons. The van der Waals surface area contributed by atoms with E-state index in [0.717, 1.165) is 22.1 Å².